The van der Waals surface area contributed by atoms with Crippen LogP contribution in [0.5, 0.6) is 0 Å². The van der Waals surface area contributed by atoms with Gasteiger partial charge in [0, 0.05) is 17.5 Å². The molecule has 0 fully saturated rings. The first-order chi connectivity index (χ1) is 8.69. The summed E-state index contributed by atoms with van der Waals surface area (Å²) >= 11 is 3.66. The van der Waals surface area contributed by atoms with Gasteiger partial charge in [0.2, 0.25) is 0 Å². The highest BCUT2D eigenvalue weighted by Crippen LogP contribution is 2.13. The molecule has 3 heteroatoms. The SMILES string of the molecule is C=Cc1cc(C#CCCCOS)ccc1C(C)=O. The van der Waals surface area contributed by atoms with Gasteiger partial charge < -0.3 is 4.18 Å². The summed E-state index contributed by atoms with van der Waals surface area (Å²) in [6.07, 6.45) is 3.30. The van der Waals surface area contributed by atoms with Crippen molar-refractivity contribution in [1.29, 1.82) is 0 Å². The number of hydrogen-bond donors (Lipinski definition) is 1. The number of unbranched alkanes of at least 4 members (excludes halogenated alkanes) is 1. The monoisotopic (exact) mass is 260 g/mol. The van der Waals surface area contributed by atoms with E-state index in [9.17, 15) is 4.79 Å². The third-order valence-corrected chi connectivity index (χ3v) is 2.60. The fourth-order valence-corrected chi connectivity index (χ4v) is 1.65. The van der Waals surface area contributed by atoms with E-state index in [1.54, 1.807) is 19.1 Å². The summed E-state index contributed by atoms with van der Waals surface area (Å²) in [6, 6.07) is 5.53. The first-order valence-corrected chi connectivity index (χ1v) is 6.08. The topological polar surface area (TPSA) is 26.3 Å². The molecule has 0 aromatic heterocycles. The average molecular weight is 260 g/mol. The maximum Gasteiger partial charge on any atom is 0.160 e. The summed E-state index contributed by atoms with van der Waals surface area (Å²) in [5.41, 5.74) is 2.40. The minimum atomic E-state index is 0.0373. The lowest BCUT2D eigenvalue weighted by atomic mass is 10.0. The molecule has 0 N–H and O–H groups in total. The Morgan fingerprint density at radius 3 is 2.94 bits per heavy atom. The molecule has 0 bridgehead atoms. The lowest BCUT2D eigenvalue weighted by Gasteiger charge is -2.02. The Balaban J connectivity index is 2.79. The van der Waals surface area contributed by atoms with Crippen molar-refractivity contribution in [3.05, 3.63) is 41.5 Å². The van der Waals surface area contributed by atoms with Gasteiger partial charge in [-0.3, -0.25) is 4.79 Å². The van der Waals surface area contributed by atoms with Crippen molar-refractivity contribution in [2.24, 2.45) is 0 Å². The van der Waals surface area contributed by atoms with Gasteiger partial charge in [0.15, 0.2) is 5.78 Å². The van der Waals surface area contributed by atoms with E-state index < -0.39 is 0 Å². The molecule has 94 valence electrons. The van der Waals surface area contributed by atoms with Crippen LogP contribution >= 0.6 is 12.9 Å². The number of thiol groups is 1. The number of Topliss-reactive ketones (excluding diaryl/α,β-unsaturated/α-hetero) is 1. The Morgan fingerprint density at radius 1 is 1.56 bits per heavy atom. The normalized spacial score (nSPS) is 9.44. The fraction of sp³-hybridized carbons (Fsp3) is 0.267. The van der Waals surface area contributed by atoms with E-state index in [0.29, 0.717) is 12.2 Å². The van der Waals surface area contributed by atoms with Crippen LogP contribution in [0, 0.1) is 11.8 Å². The van der Waals surface area contributed by atoms with Crippen LogP contribution in [-0.2, 0) is 4.18 Å². The van der Waals surface area contributed by atoms with E-state index in [0.717, 1.165) is 24.0 Å². The maximum absolute atomic E-state index is 11.4. The molecule has 0 saturated heterocycles. The van der Waals surface area contributed by atoms with Crippen LogP contribution in [0.3, 0.4) is 0 Å². The zero-order chi connectivity index (χ0) is 13.4. The van der Waals surface area contributed by atoms with Crippen LogP contribution in [-0.4, -0.2) is 12.4 Å². The number of benzene rings is 1. The van der Waals surface area contributed by atoms with Crippen LogP contribution in [0.25, 0.3) is 6.08 Å². The van der Waals surface area contributed by atoms with Gasteiger partial charge >= 0.3 is 0 Å². The van der Waals surface area contributed by atoms with E-state index in [2.05, 4.69) is 35.5 Å². The molecule has 1 rings (SSSR count). The molecule has 2 nitrogen and oxygen atoms in total. The molecule has 0 saturated carbocycles. The molecule has 0 amide bonds. The second-order valence-corrected chi connectivity index (χ2v) is 4.06. The predicted molar refractivity (Wildman–Crippen MR) is 77.6 cm³/mol. The van der Waals surface area contributed by atoms with Crippen molar-refractivity contribution < 1.29 is 8.98 Å². The fourth-order valence-electron chi connectivity index (χ4n) is 1.52. The summed E-state index contributed by atoms with van der Waals surface area (Å²) in [7, 11) is 0. The van der Waals surface area contributed by atoms with Gasteiger partial charge in [0.05, 0.1) is 6.61 Å². The number of rotatable bonds is 5. The van der Waals surface area contributed by atoms with Crippen molar-refractivity contribution in [3.8, 4) is 11.8 Å². The van der Waals surface area contributed by atoms with Gasteiger partial charge in [-0.2, -0.15) is 0 Å². The molecule has 0 aliphatic rings. The number of carbonyl (C=O) groups is 1. The van der Waals surface area contributed by atoms with Crippen molar-refractivity contribution in [2.45, 2.75) is 19.8 Å². The van der Waals surface area contributed by atoms with Crippen LogP contribution in [0.1, 0.15) is 41.3 Å². The Kier molecular flexibility index (Phi) is 6.27. The van der Waals surface area contributed by atoms with E-state index >= 15 is 0 Å². The van der Waals surface area contributed by atoms with Crippen molar-refractivity contribution >= 4 is 24.8 Å². The van der Waals surface area contributed by atoms with Gasteiger partial charge in [-0.05, 0) is 50.0 Å². The van der Waals surface area contributed by atoms with E-state index in [-0.39, 0.29) is 5.78 Å². The largest absolute Gasteiger partial charge is 0.318 e. The summed E-state index contributed by atoms with van der Waals surface area (Å²) in [5, 5.41) is 0. The summed E-state index contributed by atoms with van der Waals surface area (Å²) in [5.74, 6) is 6.15. The maximum atomic E-state index is 11.4. The molecule has 0 aliphatic heterocycles. The molecule has 18 heavy (non-hydrogen) atoms. The van der Waals surface area contributed by atoms with Gasteiger partial charge in [-0.25, -0.2) is 0 Å². The van der Waals surface area contributed by atoms with Crippen LogP contribution in [0.2, 0.25) is 0 Å². The van der Waals surface area contributed by atoms with Gasteiger partial charge in [-0.15, -0.1) is 0 Å². The van der Waals surface area contributed by atoms with Crippen molar-refractivity contribution in [1.82, 2.24) is 0 Å². The van der Waals surface area contributed by atoms with E-state index in [1.165, 1.54) is 0 Å². The highest BCUT2D eigenvalue weighted by Gasteiger charge is 2.04. The molecule has 1 aromatic rings. The van der Waals surface area contributed by atoms with Crippen LogP contribution in [0.4, 0.5) is 0 Å². The Labute approximate surface area is 114 Å². The highest BCUT2D eigenvalue weighted by molar-refractivity contribution is 7.75. The summed E-state index contributed by atoms with van der Waals surface area (Å²) < 4.78 is 4.65. The summed E-state index contributed by atoms with van der Waals surface area (Å²) in [6.45, 7) is 5.85. The van der Waals surface area contributed by atoms with Crippen LogP contribution < -0.4 is 0 Å². The first kappa shape index (κ1) is 14.6. The highest BCUT2D eigenvalue weighted by atomic mass is 32.1. The molecule has 1 aromatic carbocycles. The quantitative estimate of drug-likeness (QED) is 0.288. The molecule has 0 aliphatic carbocycles. The third kappa shape index (κ3) is 4.40. The standard InChI is InChI=1S/C15H16O2S/c1-3-14-11-13(7-5-4-6-10-17-18)8-9-15(14)12(2)16/h3,8-9,11,18H,1,4,6,10H2,2H3. The van der Waals surface area contributed by atoms with Gasteiger partial charge in [0.1, 0.15) is 0 Å². The lowest BCUT2D eigenvalue weighted by Crippen LogP contribution is -1.96. The second-order valence-electron chi connectivity index (χ2n) is 3.80. The van der Waals surface area contributed by atoms with E-state index in [1.807, 2.05) is 12.1 Å². The van der Waals surface area contributed by atoms with Crippen molar-refractivity contribution in [3.63, 3.8) is 0 Å². The summed E-state index contributed by atoms with van der Waals surface area (Å²) in [4.78, 5) is 11.4. The molecule has 0 spiro atoms. The zero-order valence-electron chi connectivity index (χ0n) is 10.4. The number of hydrogen-bond acceptors (Lipinski definition) is 3. The molecule has 0 heterocycles. The Morgan fingerprint density at radius 2 is 2.33 bits per heavy atom. The van der Waals surface area contributed by atoms with Gasteiger partial charge in [0.25, 0.3) is 0 Å². The lowest BCUT2D eigenvalue weighted by molar-refractivity contribution is 0.101. The Bertz CT molecular complexity index is 495. The van der Waals surface area contributed by atoms with E-state index in [4.69, 9.17) is 0 Å². The molecule has 0 unspecified atom stereocenters. The number of ketones is 1. The average Bonchev–Trinajstić information content (AvgIpc) is 2.38. The smallest absolute Gasteiger partial charge is 0.160 e. The zero-order valence-corrected chi connectivity index (χ0v) is 11.3. The van der Waals surface area contributed by atoms with Crippen LogP contribution in [0.15, 0.2) is 24.8 Å². The minimum absolute atomic E-state index is 0.0373. The molecular weight excluding hydrogens is 244 g/mol. The van der Waals surface area contributed by atoms with Crippen molar-refractivity contribution in [2.75, 3.05) is 6.61 Å². The molecular formula is C15H16O2S. The first-order valence-electron chi connectivity index (χ1n) is 5.71. The number of carbonyl (C=O) groups excluding carboxylic acids is 1. The second kappa shape index (κ2) is 7.75. The third-order valence-electron chi connectivity index (χ3n) is 2.42. The molecule has 0 atom stereocenters. The Hall–Kier alpha value is -1.50. The minimum Gasteiger partial charge on any atom is -0.318 e. The predicted octanol–water partition coefficient (Wildman–Crippen LogP) is 3.53. The molecule has 0 radical (unpaired) electrons. The van der Waals surface area contributed by atoms with Gasteiger partial charge in [-0.1, -0.05) is 24.5 Å².